The Bertz CT molecular complexity index is 731. The molecule has 7 nitrogen and oxygen atoms in total. The molecule has 2 aromatic rings. The Morgan fingerprint density at radius 1 is 1.12 bits per heavy atom. The van der Waals surface area contributed by atoms with E-state index in [0.29, 0.717) is 24.4 Å². The highest BCUT2D eigenvalue weighted by molar-refractivity contribution is 5.93. The average Bonchev–Trinajstić information content (AvgIpc) is 2.66. The monoisotopic (exact) mass is 358 g/mol. The predicted octanol–water partition coefficient (Wildman–Crippen LogP) is 3.06. The second-order valence-corrected chi connectivity index (χ2v) is 5.33. The molecule has 0 fully saturated rings. The van der Waals surface area contributed by atoms with Gasteiger partial charge in [-0.25, -0.2) is 9.78 Å². The Morgan fingerprint density at radius 2 is 1.85 bits per heavy atom. The molecule has 0 spiro atoms. The minimum atomic E-state index is -0.446. The lowest BCUT2D eigenvalue weighted by molar-refractivity contribution is -0.116. The molecule has 7 heteroatoms. The van der Waals surface area contributed by atoms with E-state index in [-0.39, 0.29) is 18.9 Å². The third-order valence-corrected chi connectivity index (χ3v) is 3.41. The van der Waals surface area contributed by atoms with Crippen molar-refractivity contribution in [3.63, 3.8) is 0 Å². The van der Waals surface area contributed by atoms with Crippen molar-refractivity contribution in [3.8, 4) is 11.5 Å². The van der Waals surface area contributed by atoms with Crippen LogP contribution in [-0.2, 0) is 9.53 Å². The van der Waals surface area contributed by atoms with Crippen LogP contribution >= 0.6 is 0 Å². The van der Waals surface area contributed by atoms with Gasteiger partial charge in [0.15, 0.2) is 0 Å². The number of methoxy groups -OCH3 is 1. The van der Waals surface area contributed by atoms with Crippen LogP contribution in [0, 0.1) is 0 Å². The number of rotatable bonds is 9. The van der Waals surface area contributed by atoms with Crippen molar-refractivity contribution in [1.29, 1.82) is 0 Å². The summed E-state index contributed by atoms with van der Waals surface area (Å²) in [7, 11) is 1.60. The van der Waals surface area contributed by atoms with E-state index in [4.69, 9.17) is 14.2 Å². The van der Waals surface area contributed by atoms with Crippen molar-refractivity contribution in [2.75, 3.05) is 25.6 Å². The number of benzene rings is 1. The smallest absolute Gasteiger partial charge is 0.338 e. The molecule has 0 saturated heterocycles. The first-order valence-electron chi connectivity index (χ1n) is 8.32. The predicted molar refractivity (Wildman–Crippen MR) is 96.5 cm³/mol. The molecule has 1 amide bonds. The van der Waals surface area contributed by atoms with E-state index in [1.165, 1.54) is 18.3 Å². The Balaban J connectivity index is 1.74. The van der Waals surface area contributed by atoms with Crippen molar-refractivity contribution in [3.05, 3.63) is 48.2 Å². The van der Waals surface area contributed by atoms with Gasteiger partial charge < -0.3 is 19.5 Å². The lowest BCUT2D eigenvalue weighted by Crippen LogP contribution is -2.14. The minimum absolute atomic E-state index is 0.197. The molecule has 0 radical (unpaired) electrons. The van der Waals surface area contributed by atoms with Gasteiger partial charge >= 0.3 is 5.97 Å². The van der Waals surface area contributed by atoms with Gasteiger partial charge in [-0.15, -0.1) is 0 Å². The fourth-order valence-corrected chi connectivity index (χ4v) is 2.14. The van der Waals surface area contributed by atoms with Gasteiger partial charge in [0.2, 0.25) is 5.91 Å². The molecular formula is C19H22N2O5. The topological polar surface area (TPSA) is 86.8 Å². The number of esters is 1. The maximum Gasteiger partial charge on any atom is 0.338 e. The van der Waals surface area contributed by atoms with Crippen LogP contribution in [0.1, 0.15) is 30.1 Å². The molecular weight excluding hydrogens is 336 g/mol. The minimum Gasteiger partial charge on any atom is -0.497 e. The fraction of sp³-hybridized carbons (Fsp3) is 0.316. The summed E-state index contributed by atoms with van der Waals surface area (Å²) in [5, 5.41) is 2.66. The van der Waals surface area contributed by atoms with E-state index in [0.717, 1.165) is 11.5 Å². The van der Waals surface area contributed by atoms with Crippen LogP contribution in [-0.4, -0.2) is 37.2 Å². The van der Waals surface area contributed by atoms with Gasteiger partial charge in [0, 0.05) is 12.6 Å². The molecule has 1 N–H and O–H groups in total. The quantitative estimate of drug-likeness (QED) is 0.548. The highest BCUT2D eigenvalue weighted by Crippen LogP contribution is 2.17. The third kappa shape index (κ3) is 6.08. The Labute approximate surface area is 152 Å². The molecule has 0 aliphatic carbocycles. The maximum absolute atomic E-state index is 12.0. The number of nitrogens with zero attached hydrogens (tertiary/aromatic N) is 1. The van der Waals surface area contributed by atoms with Gasteiger partial charge in [0.05, 0.1) is 25.9 Å². The number of carbonyl (C=O) groups is 2. The Kier molecular flexibility index (Phi) is 7.42. The molecule has 0 aliphatic heterocycles. The largest absolute Gasteiger partial charge is 0.497 e. The van der Waals surface area contributed by atoms with Crippen molar-refractivity contribution in [2.45, 2.75) is 19.8 Å². The first kappa shape index (κ1) is 19.2. The Morgan fingerprint density at radius 3 is 2.54 bits per heavy atom. The summed E-state index contributed by atoms with van der Waals surface area (Å²) < 4.78 is 15.6. The molecule has 138 valence electrons. The van der Waals surface area contributed by atoms with Gasteiger partial charge in [0.25, 0.3) is 0 Å². The van der Waals surface area contributed by atoms with Crippen LogP contribution in [0.15, 0.2) is 42.6 Å². The number of hydrogen-bond donors (Lipinski definition) is 1. The van der Waals surface area contributed by atoms with Gasteiger partial charge in [-0.2, -0.15) is 0 Å². The zero-order valence-electron chi connectivity index (χ0n) is 14.9. The van der Waals surface area contributed by atoms with Gasteiger partial charge in [-0.1, -0.05) is 0 Å². The van der Waals surface area contributed by atoms with Crippen molar-refractivity contribution >= 4 is 17.7 Å². The second-order valence-electron chi connectivity index (χ2n) is 5.33. The van der Waals surface area contributed by atoms with Crippen molar-refractivity contribution < 1.29 is 23.8 Å². The molecule has 0 atom stereocenters. The number of pyridine rings is 1. The summed E-state index contributed by atoms with van der Waals surface area (Å²) >= 11 is 0. The zero-order valence-corrected chi connectivity index (χ0v) is 14.9. The number of anilines is 1. The number of nitrogens with one attached hydrogen (secondary N) is 1. The van der Waals surface area contributed by atoms with Crippen LogP contribution in [0.4, 0.5) is 5.82 Å². The molecule has 26 heavy (non-hydrogen) atoms. The number of amides is 1. The molecule has 1 aromatic carbocycles. The van der Waals surface area contributed by atoms with E-state index in [2.05, 4.69) is 10.3 Å². The average molecular weight is 358 g/mol. The van der Waals surface area contributed by atoms with E-state index < -0.39 is 5.97 Å². The van der Waals surface area contributed by atoms with E-state index >= 15 is 0 Å². The van der Waals surface area contributed by atoms with Gasteiger partial charge in [-0.05, 0) is 49.7 Å². The second kappa shape index (κ2) is 10.0. The fourth-order valence-electron chi connectivity index (χ4n) is 2.14. The summed E-state index contributed by atoms with van der Waals surface area (Å²) in [5.41, 5.74) is 0.347. The lowest BCUT2D eigenvalue weighted by Gasteiger charge is -2.08. The van der Waals surface area contributed by atoms with Crippen LogP contribution in [0.2, 0.25) is 0 Å². The zero-order chi connectivity index (χ0) is 18.8. The van der Waals surface area contributed by atoms with Crippen LogP contribution in [0.5, 0.6) is 11.5 Å². The summed E-state index contributed by atoms with van der Waals surface area (Å²) in [6, 6.07) is 10.3. The first-order chi connectivity index (χ1) is 12.6. The molecule has 0 unspecified atom stereocenters. The Hall–Kier alpha value is -3.09. The van der Waals surface area contributed by atoms with Crippen LogP contribution in [0.3, 0.4) is 0 Å². The maximum atomic E-state index is 12.0. The number of aromatic nitrogens is 1. The van der Waals surface area contributed by atoms with Crippen LogP contribution in [0.25, 0.3) is 0 Å². The van der Waals surface area contributed by atoms with Gasteiger partial charge in [0.1, 0.15) is 17.3 Å². The molecule has 1 aromatic heterocycles. The normalized spacial score (nSPS) is 10.1. The first-order valence-corrected chi connectivity index (χ1v) is 8.32. The molecule has 2 rings (SSSR count). The molecule has 0 saturated carbocycles. The summed E-state index contributed by atoms with van der Waals surface area (Å²) in [6.07, 6.45) is 2.28. The van der Waals surface area contributed by atoms with E-state index in [1.54, 1.807) is 14.0 Å². The standard InChI is InChI=1S/C19H22N2O5/c1-3-25-19(23)14-10-11-20-17(13-14)21-18(22)5-4-12-26-16-8-6-15(24-2)7-9-16/h6-11,13H,3-5,12H2,1-2H3,(H,20,21,22). The molecule has 1 heterocycles. The summed E-state index contributed by atoms with van der Waals surface area (Å²) in [6.45, 7) is 2.43. The summed E-state index contributed by atoms with van der Waals surface area (Å²) in [4.78, 5) is 27.7. The number of carbonyl (C=O) groups excluding carboxylic acids is 2. The highest BCUT2D eigenvalue weighted by Gasteiger charge is 2.09. The third-order valence-electron chi connectivity index (χ3n) is 3.41. The number of hydrogen-bond acceptors (Lipinski definition) is 6. The molecule has 0 bridgehead atoms. The van der Waals surface area contributed by atoms with E-state index in [1.807, 2.05) is 24.3 Å². The van der Waals surface area contributed by atoms with Crippen molar-refractivity contribution in [2.24, 2.45) is 0 Å². The summed E-state index contributed by atoms with van der Waals surface area (Å²) in [5.74, 6) is 1.15. The highest BCUT2D eigenvalue weighted by atomic mass is 16.5. The van der Waals surface area contributed by atoms with Crippen LogP contribution < -0.4 is 14.8 Å². The number of ether oxygens (including phenoxy) is 3. The van der Waals surface area contributed by atoms with Gasteiger partial charge in [-0.3, -0.25) is 4.79 Å². The molecule has 0 aliphatic rings. The van der Waals surface area contributed by atoms with E-state index in [9.17, 15) is 9.59 Å². The SMILES string of the molecule is CCOC(=O)c1ccnc(NC(=O)CCCOc2ccc(OC)cc2)c1. The van der Waals surface area contributed by atoms with Crippen molar-refractivity contribution in [1.82, 2.24) is 4.98 Å². The lowest BCUT2D eigenvalue weighted by atomic mass is 10.2.